The zero-order valence-electron chi connectivity index (χ0n) is 16.5. The lowest BCUT2D eigenvalue weighted by Gasteiger charge is -2.04. The molecule has 0 bridgehead atoms. The molecular weight excluding hydrogens is 388 g/mol. The standard InChI is InChI=1S/C20H20N6O2S/c1-10-12(3)29-20-17(10)19(28)22-15(23-20)9-16(27)25-24-11(2)18-21-13-7-5-6-8-14(13)26(18)4/h5-8H,9H2,1-4H3,(H,25,27)(H,22,23,28)/b24-11-. The van der Waals surface area contributed by atoms with Crippen molar-refractivity contribution in [2.24, 2.45) is 12.1 Å². The molecular formula is C20H20N6O2S. The van der Waals surface area contributed by atoms with Crippen molar-refractivity contribution in [1.29, 1.82) is 0 Å². The first-order valence-corrected chi connectivity index (χ1v) is 9.90. The van der Waals surface area contributed by atoms with Crippen molar-refractivity contribution in [3.63, 3.8) is 0 Å². The van der Waals surface area contributed by atoms with Gasteiger partial charge in [-0.15, -0.1) is 11.3 Å². The van der Waals surface area contributed by atoms with E-state index < -0.39 is 0 Å². The molecule has 0 fully saturated rings. The number of para-hydroxylation sites is 2. The zero-order valence-corrected chi connectivity index (χ0v) is 17.3. The lowest BCUT2D eigenvalue weighted by atomic mass is 10.2. The SMILES string of the molecule is C/C(=N/NC(=O)Cc1nc2sc(C)c(C)c2c(=O)[nH]1)c1nc2ccccc2n1C. The first kappa shape index (κ1) is 19.0. The summed E-state index contributed by atoms with van der Waals surface area (Å²) in [5.41, 5.74) is 5.66. The van der Waals surface area contributed by atoms with E-state index in [4.69, 9.17) is 0 Å². The van der Waals surface area contributed by atoms with Crippen LogP contribution in [0.1, 0.15) is 29.0 Å². The molecule has 0 spiro atoms. The molecule has 1 aromatic carbocycles. The second-order valence-corrected chi connectivity index (χ2v) is 8.07. The summed E-state index contributed by atoms with van der Waals surface area (Å²) in [6.07, 6.45) is -0.0690. The molecule has 0 atom stereocenters. The predicted octanol–water partition coefficient (Wildman–Crippen LogP) is 2.57. The number of amides is 1. The molecule has 3 heterocycles. The van der Waals surface area contributed by atoms with Gasteiger partial charge >= 0.3 is 0 Å². The molecule has 0 aliphatic rings. The van der Waals surface area contributed by atoms with Crippen LogP contribution in [0.2, 0.25) is 0 Å². The third kappa shape index (κ3) is 3.44. The summed E-state index contributed by atoms with van der Waals surface area (Å²) >= 11 is 1.45. The minimum Gasteiger partial charge on any atom is -0.326 e. The summed E-state index contributed by atoms with van der Waals surface area (Å²) in [4.78, 5) is 38.0. The Kier molecular flexibility index (Phi) is 4.75. The lowest BCUT2D eigenvalue weighted by Crippen LogP contribution is -2.24. The number of hydrazone groups is 1. The zero-order chi connectivity index (χ0) is 20.7. The van der Waals surface area contributed by atoms with Crippen molar-refractivity contribution in [2.75, 3.05) is 0 Å². The topological polar surface area (TPSA) is 105 Å². The van der Waals surface area contributed by atoms with Gasteiger partial charge in [-0.3, -0.25) is 9.59 Å². The van der Waals surface area contributed by atoms with Gasteiger partial charge in [-0.1, -0.05) is 12.1 Å². The molecule has 148 valence electrons. The number of H-pyrrole nitrogens is 1. The fraction of sp³-hybridized carbons (Fsp3) is 0.250. The smallest absolute Gasteiger partial charge is 0.259 e. The Balaban J connectivity index is 1.53. The van der Waals surface area contributed by atoms with Crippen LogP contribution in [0.5, 0.6) is 0 Å². The van der Waals surface area contributed by atoms with Crippen LogP contribution in [0, 0.1) is 13.8 Å². The van der Waals surface area contributed by atoms with E-state index in [1.165, 1.54) is 11.3 Å². The molecule has 0 unspecified atom stereocenters. The molecule has 0 aliphatic carbocycles. The maximum Gasteiger partial charge on any atom is 0.259 e. The third-order valence-electron chi connectivity index (χ3n) is 4.88. The molecule has 4 rings (SSSR count). The second kappa shape index (κ2) is 7.25. The number of nitrogens with one attached hydrogen (secondary N) is 2. The number of fused-ring (bicyclic) bond motifs is 2. The van der Waals surface area contributed by atoms with E-state index in [9.17, 15) is 9.59 Å². The van der Waals surface area contributed by atoms with Crippen LogP contribution in [0.15, 0.2) is 34.2 Å². The molecule has 3 aromatic heterocycles. The molecule has 8 nitrogen and oxygen atoms in total. The Morgan fingerprint density at radius 3 is 2.79 bits per heavy atom. The van der Waals surface area contributed by atoms with Crippen LogP contribution in [0.3, 0.4) is 0 Å². The Morgan fingerprint density at radius 1 is 1.28 bits per heavy atom. The quantitative estimate of drug-likeness (QED) is 0.400. The van der Waals surface area contributed by atoms with Crippen molar-refractivity contribution in [2.45, 2.75) is 27.2 Å². The summed E-state index contributed by atoms with van der Waals surface area (Å²) in [5, 5.41) is 4.76. The Labute approximate surface area is 170 Å². The summed E-state index contributed by atoms with van der Waals surface area (Å²) in [5.74, 6) is 0.622. The van der Waals surface area contributed by atoms with Crippen LogP contribution < -0.4 is 11.0 Å². The van der Waals surface area contributed by atoms with Gasteiger partial charge in [-0.2, -0.15) is 5.10 Å². The van der Waals surface area contributed by atoms with E-state index in [1.54, 1.807) is 6.92 Å². The molecule has 0 radical (unpaired) electrons. The van der Waals surface area contributed by atoms with E-state index in [0.29, 0.717) is 27.6 Å². The number of rotatable bonds is 4. The highest BCUT2D eigenvalue weighted by Gasteiger charge is 2.14. The number of aromatic amines is 1. The normalized spacial score (nSPS) is 12.1. The van der Waals surface area contributed by atoms with E-state index in [2.05, 4.69) is 25.5 Å². The van der Waals surface area contributed by atoms with Gasteiger partial charge in [0.05, 0.1) is 22.8 Å². The third-order valence-corrected chi connectivity index (χ3v) is 5.98. The van der Waals surface area contributed by atoms with Gasteiger partial charge in [0.15, 0.2) is 5.82 Å². The molecule has 2 N–H and O–H groups in total. The number of carbonyl (C=O) groups is 1. The van der Waals surface area contributed by atoms with Gasteiger partial charge in [0.1, 0.15) is 16.4 Å². The molecule has 4 aromatic rings. The molecule has 0 saturated carbocycles. The largest absolute Gasteiger partial charge is 0.326 e. The molecule has 1 amide bonds. The molecule has 9 heteroatoms. The number of aromatic nitrogens is 4. The minimum atomic E-state index is -0.365. The number of aryl methyl sites for hydroxylation is 3. The van der Waals surface area contributed by atoms with Crippen LogP contribution in [0.4, 0.5) is 0 Å². The second-order valence-electron chi connectivity index (χ2n) is 6.87. The number of hydrogen-bond donors (Lipinski definition) is 2. The summed E-state index contributed by atoms with van der Waals surface area (Å²) < 4.78 is 1.93. The maximum atomic E-state index is 12.3. The number of hydrogen-bond acceptors (Lipinski definition) is 6. The summed E-state index contributed by atoms with van der Waals surface area (Å²) in [6, 6.07) is 7.78. The highest BCUT2D eigenvalue weighted by Crippen LogP contribution is 2.25. The van der Waals surface area contributed by atoms with Crippen molar-refractivity contribution in [1.82, 2.24) is 24.9 Å². The Bertz CT molecular complexity index is 1340. The van der Waals surface area contributed by atoms with Gasteiger partial charge < -0.3 is 9.55 Å². The van der Waals surface area contributed by atoms with Gasteiger partial charge in [0, 0.05) is 11.9 Å². The van der Waals surface area contributed by atoms with E-state index in [1.807, 2.05) is 49.7 Å². The fourth-order valence-corrected chi connectivity index (χ4v) is 4.29. The number of thiophene rings is 1. The highest BCUT2D eigenvalue weighted by molar-refractivity contribution is 7.18. The van der Waals surface area contributed by atoms with E-state index in [-0.39, 0.29) is 17.9 Å². The minimum absolute atomic E-state index is 0.0690. The number of carbonyl (C=O) groups excluding carboxylic acids is 1. The highest BCUT2D eigenvalue weighted by atomic mass is 32.1. The van der Waals surface area contributed by atoms with Gasteiger partial charge in [0.2, 0.25) is 5.91 Å². The number of nitrogens with zero attached hydrogens (tertiary/aromatic N) is 4. The first-order chi connectivity index (χ1) is 13.8. The van der Waals surface area contributed by atoms with Crippen LogP contribution in [0.25, 0.3) is 21.3 Å². The van der Waals surface area contributed by atoms with Crippen LogP contribution in [-0.2, 0) is 18.3 Å². The first-order valence-electron chi connectivity index (χ1n) is 9.09. The fourth-order valence-electron chi connectivity index (χ4n) is 3.24. The van der Waals surface area contributed by atoms with Crippen molar-refractivity contribution in [3.05, 3.63) is 56.7 Å². The average molecular weight is 408 g/mol. The van der Waals surface area contributed by atoms with Crippen molar-refractivity contribution in [3.8, 4) is 0 Å². The molecule has 0 saturated heterocycles. The predicted molar refractivity (Wildman–Crippen MR) is 114 cm³/mol. The lowest BCUT2D eigenvalue weighted by molar-refractivity contribution is -0.120. The Morgan fingerprint density at radius 2 is 2.03 bits per heavy atom. The number of benzene rings is 1. The van der Waals surface area contributed by atoms with E-state index in [0.717, 1.165) is 21.5 Å². The van der Waals surface area contributed by atoms with E-state index >= 15 is 0 Å². The van der Waals surface area contributed by atoms with Crippen LogP contribution >= 0.6 is 11.3 Å². The van der Waals surface area contributed by atoms with Gasteiger partial charge in [-0.05, 0) is 38.5 Å². The summed E-state index contributed by atoms with van der Waals surface area (Å²) in [6.45, 7) is 5.63. The van der Waals surface area contributed by atoms with Crippen LogP contribution in [-0.4, -0.2) is 31.1 Å². The Hall–Kier alpha value is -3.33. The maximum absolute atomic E-state index is 12.3. The molecule has 29 heavy (non-hydrogen) atoms. The molecule has 0 aliphatic heterocycles. The van der Waals surface area contributed by atoms with Gasteiger partial charge in [-0.25, -0.2) is 15.4 Å². The van der Waals surface area contributed by atoms with Crippen molar-refractivity contribution >= 4 is 44.2 Å². The average Bonchev–Trinajstić information content (AvgIpc) is 3.17. The monoisotopic (exact) mass is 408 g/mol. The van der Waals surface area contributed by atoms with Crippen molar-refractivity contribution < 1.29 is 4.79 Å². The van der Waals surface area contributed by atoms with Gasteiger partial charge in [0.25, 0.3) is 5.56 Å². The number of imidazole rings is 1. The summed E-state index contributed by atoms with van der Waals surface area (Å²) in [7, 11) is 1.90.